The van der Waals surface area contributed by atoms with Gasteiger partial charge in [-0.1, -0.05) is 0 Å². The fourth-order valence-electron chi connectivity index (χ4n) is 2.69. The third-order valence-electron chi connectivity index (χ3n) is 4.02. The maximum absolute atomic E-state index is 13.2. The molecule has 2 aliphatic rings. The minimum Gasteiger partial charge on any atom is -0.383 e. The van der Waals surface area contributed by atoms with E-state index in [4.69, 9.17) is 10.7 Å². The van der Waals surface area contributed by atoms with E-state index in [2.05, 4.69) is 20.5 Å². The molecule has 0 spiro atoms. The molecule has 1 aromatic heterocycles. The Morgan fingerprint density at radius 3 is 2.60 bits per heavy atom. The van der Waals surface area contributed by atoms with Gasteiger partial charge in [-0.2, -0.15) is 0 Å². The first-order valence-electron chi connectivity index (χ1n) is 6.98. The predicted octanol–water partition coefficient (Wildman–Crippen LogP) is 4.25. The quantitative estimate of drug-likeness (QED) is 0.911. The van der Waals surface area contributed by atoms with Crippen molar-refractivity contribution < 1.29 is 4.39 Å². The van der Waals surface area contributed by atoms with Gasteiger partial charge in [0.25, 0.3) is 0 Å². The van der Waals surface area contributed by atoms with Gasteiger partial charge < -0.3 is 10.3 Å². The van der Waals surface area contributed by atoms with E-state index in [-0.39, 0.29) is 5.82 Å². The lowest BCUT2D eigenvalue weighted by Crippen LogP contribution is -2.04. The van der Waals surface area contributed by atoms with Crippen LogP contribution in [0.15, 0.2) is 22.7 Å². The molecule has 0 unspecified atom stereocenters. The summed E-state index contributed by atoms with van der Waals surface area (Å²) in [5, 5.41) is 0. The molecule has 2 aromatic rings. The molecule has 2 fully saturated rings. The highest BCUT2D eigenvalue weighted by Crippen LogP contribution is 2.48. The molecule has 2 N–H and O–H groups in total. The first kappa shape index (κ1) is 12.4. The van der Waals surface area contributed by atoms with Gasteiger partial charge in [0, 0.05) is 22.0 Å². The molecule has 0 atom stereocenters. The summed E-state index contributed by atoms with van der Waals surface area (Å²) in [6.07, 6.45) is 4.77. The molecule has 4 rings (SSSR count). The van der Waals surface area contributed by atoms with Crippen molar-refractivity contribution in [1.29, 1.82) is 0 Å². The third-order valence-corrected chi connectivity index (χ3v) is 4.67. The smallest absolute Gasteiger partial charge is 0.132 e. The average Bonchev–Trinajstić information content (AvgIpc) is 3.29. The Morgan fingerprint density at radius 1 is 1.25 bits per heavy atom. The Morgan fingerprint density at radius 2 is 2.00 bits per heavy atom. The lowest BCUT2D eigenvalue weighted by molar-refractivity contribution is 0.627. The van der Waals surface area contributed by atoms with Gasteiger partial charge in [0.1, 0.15) is 23.2 Å². The molecule has 0 aliphatic heterocycles. The number of nitrogen functional groups attached to an aromatic ring is 1. The SMILES string of the molecule is Nc1c(-c2ccc(F)cc2Br)nc(C2CC2)n1C1CC1. The van der Waals surface area contributed by atoms with E-state index in [1.165, 1.54) is 37.8 Å². The van der Waals surface area contributed by atoms with Crippen LogP contribution in [0.2, 0.25) is 0 Å². The number of hydrogen-bond acceptors (Lipinski definition) is 2. The standard InChI is InChI=1S/C15H15BrFN3/c16-12-7-9(17)3-6-11(12)13-14(18)20(10-4-5-10)15(19-13)8-1-2-8/h3,6-8,10H,1-2,4-5,18H2. The monoisotopic (exact) mass is 335 g/mol. The van der Waals surface area contributed by atoms with Gasteiger partial charge in [-0.05, 0) is 59.8 Å². The maximum Gasteiger partial charge on any atom is 0.132 e. The van der Waals surface area contributed by atoms with E-state index >= 15 is 0 Å². The highest BCUT2D eigenvalue weighted by Gasteiger charge is 2.36. The van der Waals surface area contributed by atoms with Crippen molar-refractivity contribution in [3.8, 4) is 11.3 Å². The van der Waals surface area contributed by atoms with E-state index in [0.29, 0.717) is 16.4 Å². The molecule has 3 nitrogen and oxygen atoms in total. The van der Waals surface area contributed by atoms with Crippen LogP contribution in [0.3, 0.4) is 0 Å². The van der Waals surface area contributed by atoms with Crippen LogP contribution in [-0.2, 0) is 0 Å². The fraction of sp³-hybridized carbons (Fsp3) is 0.400. The minimum absolute atomic E-state index is 0.261. The zero-order valence-corrected chi connectivity index (χ0v) is 12.5. The summed E-state index contributed by atoms with van der Waals surface area (Å²) in [6.45, 7) is 0. The Balaban J connectivity index is 1.87. The number of aromatic nitrogens is 2. The number of anilines is 1. The zero-order valence-electron chi connectivity index (χ0n) is 10.9. The van der Waals surface area contributed by atoms with Gasteiger partial charge in [-0.3, -0.25) is 0 Å². The third kappa shape index (κ3) is 1.95. The summed E-state index contributed by atoms with van der Waals surface area (Å²) < 4.78 is 16.1. The van der Waals surface area contributed by atoms with Crippen molar-refractivity contribution in [1.82, 2.24) is 9.55 Å². The molecule has 104 valence electrons. The van der Waals surface area contributed by atoms with Gasteiger partial charge in [-0.15, -0.1) is 0 Å². The number of imidazole rings is 1. The minimum atomic E-state index is -0.261. The molecule has 1 heterocycles. The Bertz CT molecular complexity index is 687. The van der Waals surface area contributed by atoms with Crippen LogP contribution in [0.4, 0.5) is 10.2 Å². The number of nitrogens with two attached hydrogens (primary N) is 1. The molecule has 0 radical (unpaired) electrons. The normalized spacial score (nSPS) is 18.5. The van der Waals surface area contributed by atoms with Crippen LogP contribution in [0.5, 0.6) is 0 Å². The van der Waals surface area contributed by atoms with Crippen molar-refractivity contribution in [2.24, 2.45) is 0 Å². The second-order valence-electron chi connectivity index (χ2n) is 5.70. The van der Waals surface area contributed by atoms with Crippen molar-refractivity contribution in [3.05, 3.63) is 34.3 Å². The highest BCUT2D eigenvalue weighted by molar-refractivity contribution is 9.10. The number of benzene rings is 1. The number of hydrogen-bond donors (Lipinski definition) is 1. The number of nitrogens with zero attached hydrogens (tertiary/aromatic N) is 2. The Labute approximate surface area is 125 Å². The molecule has 2 aliphatic carbocycles. The van der Waals surface area contributed by atoms with Crippen LogP contribution in [-0.4, -0.2) is 9.55 Å². The van der Waals surface area contributed by atoms with Crippen molar-refractivity contribution in [3.63, 3.8) is 0 Å². The van der Waals surface area contributed by atoms with E-state index < -0.39 is 0 Å². The summed E-state index contributed by atoms with van der Waals surface area (Å²) in [6, 6.07) is 5.17. The van der Waals surface area contributed by atoms with Crippen LogP contribution >= 0.6 is 15.9 Å². The topological polar surface area (TPSA) is 43.8 Å². The summed E-state index contributed by atoms with van der Waals surface area (Å²) in [4.78, 5) is 4.78. The fourth-order valence-corrected chi connectivity index (χ4v) is 3.23. The zero-order chi connectivity index (χ0) is 13.9. The number of rotatable bonds is 3. The van der Waals surface area contributed by atoms with E-state index in [1.807, 2.05) is 0 Å². The van der Waals surface area contributed by atoms with Crippen LogP contribution in [0.1, 0.15) is 43.5 Å². The average molecular weight is 336 g/mol. The van der Waals surface area contributed by atoms with Crippen molar-refractivity contribution in [2.45, 2.75) is 37.6 Å². The highest BCUT2D eigenvalue weighted by atomic mass is 79.9. The van der Waals surface area contributed by atoms with E-state index in [0.717, 1.165) is 22.9 Å². The molecule has 20 heavy (non-hydrogen) atoms. The maximum atomic E-state index is 13.2. The van der Waals surface area contributed by atoms with Gasteiger partial charge >= 0.3 is 0 Å². The van der Waals surface area contributed by atoms with Crippen LogP contribution in [0.25, 0.3) is 11.3 Å². The predicted molar refractivity (Wildman–Crippen MR) is 80.0 cm³/mol. The summed E-state index contributed by atoms with van der Waals surface area (Å²) >= 11 is 3.41. The second kappa shape index (κ2) is 4.32. The first-order chi connectivity index (χ1) is 9.65. The van der Waals surface area contributed by atoms with Crippen LogP contribution < -0.4 is 5.73 Å². The van der Waals surface area contributed by atoms with Crippen molar-refractivity contribution in [2.75, 3.05) is 5.73 Å². The second-order valence-corrected chi connectivity index (χ2v) is 6.56. The summed E-state index contributed by atoms with van der Waals surface area (Å²) in [5.74, 6) is 2.15. The Hall–Kier alpha value is -1.36. The lowest BCUT2D eigenvalue weighted by atomic mass is 10.1. The molecule has 5 heteroatoms. The number of halogens is 2. The Kier molecular flexibility index (Phi) is 2.67. The first-order valence-corrected chi connectivity index (χ1v) is 7.77. The molecule has 0 saturated heterocycles. The molecule has 2 saturated carbocycles. The van der Waals surface area contributed by atoms with Crippen molar-refractivity contribution >= 4 is 21.7 Å². The molecule has 1 aromatic carbocycles. The summed E-state index contributed by atoms with van der Waals surface area (Å²) in [5.41, 5.74) is 7.98. The van der Waals surface area contributed by atoms with Gasteiger partial charge in [-0.25, -0.2) is 9.37 Å². The van der Waals surface area contributed by atoms with Gasteiger partial charge in [0.2, 0.25) is 0 Å². The van der Waals surface area contributed by atoms with E-state index in [1.54, 1.807) is 6.07 Å². The molecular formula is C15H15BrFN3. The van der Waals surface area contributed by atoms with Gasteiger partial charge in [0.15, 0.2) is 0 Å². The largest absolute Gasteiger partial charge is 0.383 e. The van der Waals surface area contributed by atoms with Crippen LogP contribution in [0, 0.1) is 5.82 Å². The molecular weight excluding hydrogens is 321 g/mol. The van der Waals surface area contributed by atoms with E-state index in [9.17, 15) is 4.39 Å². The molecule has 0 amide bonds. The lowest BCUT2D eigenvalue weighted by Gasteiger charge is -2.07. The molecule has 0 bridgehead atoms. The van der Waals surface area contributed by atoms with Gasteiger partial charge in [0.05, 0.1) is 0 Å². The summed E-state index contributed by atoms with van der Waals surface area (Å²) in [7, 11) is 0.